The summed E-state index contributed by atoms with van der Waals surface area (Å²) in [5, 5.41) is 0. The summed E-state index contributed by atoms with van der Waals surface area (Å²) >= 11 is 0. The minimum absolute atomic E-state index is 0.916. The zero-order chi connectivity index (χ0) is 9.73. The molecule has 0 N–H and O–H groups in total. The van der Waals surface area contributed by atoms with Crippen LogP contribution in [-0.2, 0) is 4.74 Å². The zero-order valence-corrected chi connectivity index (χ0v) is 9.25. The first-order valence-corrected chi connectivity index (χ1v) is 5.26. The van der Waals surface area contributed by atoms with E-state index in [4.69, 9.17) is 4.74 Å². The average molecular weight is 187 g/mol. The van der Waals surface area contributed by atoms with Gasteiger partial charge in [0.25, 0.3) is 0 Å². The second kappa shape index (κ2) is 4.94. The third-order valence-electron chi connectivity index (χ3n) is 2.98. The van der Waals surface area contributed by atoms with Gasteiger partial charge in [0.05, 0.1) is 40.4 Å². The fourth-order valence-electron chi connectivity index (χ4n) is 1.40. The molecule has 0 aliphatic carbocycles. The van der Waals surface area contributed by atoms with Gasteiger partial charge < -0.3 is 9.22 Å². The minimum atomic E-state index is 0.916. The zero-order valence-electron chi connectivity index (χ0n) is 9.25. The van der Waals surface area contributed by atoms with Gasteiger partial charge in [-0.05, 0) is 6.92 Å². The molecule has 1 saturated heterocycles. The van der Waals surface area contributed by atoms with E-state index < -0.39 is 0 Å². The van der Waals surface area contributed by atoms with Crippen LogP contribution in [0.2, 0.25) is 0 Å². The smallest absolute Gasteiger partial charge is 0.0911 e. The molecule has 1 rings (SSSR count). The van der Waals surface area contributed by atoms with Crippen LogP contribution in [0, 0.1) is 0 Å². The summed E-state index contributed by atoms with van der Waals surface area (Å²) < 4.78 is 6.43. The van der Waals surface area contributed by atoms with Crippen LogP contribution in [0.25, 0.3) is 0 Å². The third-order valence-corrected chi connectivity index (χ3v) is 2.98. The van der Waals surface area contributed by atoms with Crippen LogP contribution in [0.15, 0.2) is 0 Å². The van der Waals surface area contributed by atoms with Crippen molar-refractivity contribution in [3.8, 4) is 0 Å². The van der Waals surface area contributed by atoms with Gasteiger partial charge in [-0.2, -0.15) is 0 Å². The summed E-state index contributed by atoms with van der Waals surface area (Å²) in [5.41, 5.74) is 0. The van der Waals surface area contributed by atoms with E-state index in [-0.39, 0.29) is 0 Å². The Bertz CT molecular complexity index is 142. The molecule has 0 bridgehead atoms. The van der Waals surface area contributed by atoms with E-state index in [2.05, 4.69) is 25.9 Å². The van der Waals surface area contributed by atoms with Crippen molar-refractivity contribution in [2.24, 2.45) is 0 Å². The van der Waals surface area contributed by atoms with Crippen LogP contribution in [0.5, 0.6) is 0 Å². The number of nitrogens with zero attached hydrogens (tertiary/aromatic N) is 2. The number of hydrogen-bond donors (Lipinski definition) is 0. The highest BCUT2D eigenvalue weighted by Crippen LogP contribution is 2.00. The Morgan fingerprint density at radius 3 is 2.38 bits per heavy atom. The Kier molecular flexibility index (Phi) is 4.16. The van der Waals surface area contributed by atoms with Gasteiger partial charge in [-0.3, -0.25) is 4.90 Å². The first-order chi connectivity index (χ1) is 6.14. The van der Waals surface area contributed by atoms with Crippen molar-refractivity contribution >= 4 is 0 Å². The van der Waals surface area contributed by atoms with Gasteiger partial charge in [0.1, 0.15) is 0 Å². The quantitative estimate of drug-likeness (QED) is 0.591. The van der Waals surface area contributed by atoms with Crippen molar-refractivity contribution in [2.75, 3.05) is 60.0 Å². The summed E-state index contributed by atoms with van der Waals surface area (Å²) in [7, 11) is 4.58. The number of quaternary nitrogens is 1. The maximum absolute atomic E-state index is 5.31. The van der Waals surface area contributed by atoms with E-state index in [9.17, 15) is 0 Å². The monoisotopic (exact) mass is 187 g/mol. The Morgan fingerprint density at radius 2 is 1.85 bits per heavy atom. The summed E-state index contributed by atoms with van der Waals surface area (Å²) in [5.74, 6) is 0. The predicted molar refractivity (Wildman–Crippen MR) is 54.8 cm³/mol. The fourth-order valence-corrected chi connectivity index (χ4v) is 1.40. The van der Waals surface area contributed by atoms with E-state index in [0.717, 1.165) is 30.8 Å². The molecule has 0 atom stereocenters. The van der Waals surface area contributed by atoms with Crippen molar-refractivity contribution in [2.45, 2.75) is 6.92 Å². The van der Waals surface area contributed by atoms with Gasteiger partial charge in [-0.1, -0.05) is 0 Å². The molecule has 0 unspecified atom stereocenters. The molecule has 78 valence electrons. The maximum Gasteiger partial charge on any atom is 0.0911 e. The molecule has 0 amide bonds. The molecule has 0 aromatic rings. The molecule has 1 aliphatic rings. The van der Waals surface area contributed by atoms with Crippen molar-refractivity contribution in [1.29, 1.82) is 0 Å². The molecule has 0 saturated carbocycles. The van der Waals surface area contributed by atoms with Crippen molar-refractivity contribution < 1.29 is 9.22 Å². The van der Waals surface area contributed by atoms with Crippen molar-refractivity contribution in [1.82, 2.24) is 4.90 Å². The van der Waals surface area contributed by atoms with Crippen LogP contribution in [0.4, 0.5) is 0 Å². The molecule has 3 nitrogen and oxygen atoms in total. The highest BCUT2D eigenvalue weighted by molar-refractivity contribution is 4.60. The maximum atomic E-state index is 5.31. The second-order valence-electron chi connectivity index (χ2n) is 4.43. The van der Waals surface area contributed by atoms with Gasteiger partial charge in [0.2, 0.25) is 0 Å². The molecular weight excluding hydrogens is 164 g/mol. The number of hydrogen-bond acceptors (Lipinski definition) is 2. The number of rotatable bonds is 4. The van der Waals surface area contributed by atoms with Crippen molar-refractivity contribution in [3.63, 3.8) is 0 Å². The van der Waals surface area contributed by atoms with Crippen LogP contribution in [0.3, 0.4) is 0 Å². The van der Waals surface area contributed by atoms with Crippen LogP contribution in [-0.4, -0.2) is 69.4 Å². The number of morpholine rings is 1. The standard InChI is InChI=1S/C10H23N2O/c1-4-12(2,3)8-5-11-6-9-13-10-7-11/h4-10H2,1-3H3/q+1. The Hall–Kier alpha value is -0.120. The van der Waals surface area contributed by atoms with Gasteiger partial charge in [-0.15, -0.1) is 0 Å². The Labute approximate surface area is 81.9 Å². The molecule has 0 spiro atoms. The summed E-state index contributed by atoms with van der Waals surface area (Å²) in [6.45, 7) is 9.98. The SMILES string of the molecule is CC[N+](C)(C)CCN1CCOCC1. The van der Waals surface area contributed by atoms with E-state index in [1.54, 1.807) is 0 Å². The molecule has 3 heteroatoms. The minimum Gasteiger partial charge on any atom is -0.379 e. The number of ether oxygens (including phenoxy) is 1. The number of likely N-dealkylation sites (N-methyl/N-ethyl adjacent to an activating group) is 1. The van der Waals surface area contributed by atoms with Crippen LogP contribution >= 0.6 is 0 Å². The normalized spacial score (nSPS) is 20.5. The summed E-state index contributed by atoms with van der Waals surface area (Å²) in [6.07, 6.45) is 0. The third kappa shape index (κ3) is 4.07. The van der Waals surface area contributed by atoms with E-state index in [0.29, 0.717) is 0 Å². The van der Waals surface area contributed by atoms with Crippen LogP contribution < -0.4 is 0 Å². The molecular formula is C10H23N2O+. The molecule has 0 radical (unpaired) electrons. The van der Waals surface area contributed by atoms with Gasteiger partial charge >= 0.3 is 0 Å². The summed E-state index contributed by atoms with van der Waals surface area (Å²) in [4.78, 5) is 2.50. The van der Waals surface area contributed by atoms with E-state index in [1.165, 1.54) is 19.6 Å². The first-order valence-electron chi connectivity index (χ1n) is 5.26. The Morgan fingerprint density at radius 1 is 1.23 bits per heavy atom. The summed E-state index contributed by atoms with van der Waals surface area (Å²) in [6, 6.07) is 0. The van der Waals surface area contributed by atoms with Gasteiger partial charge in [0, 0.05) is 19.6 Å². The lowest BCUT2D eigenvalue weighted by Crippen LogP contribution is -2.47. The molecule has 0 aromatic carbocycles. The fraction of sp³-hybridized carbons (Fsp3) is 1.00. The molecule has 13 heavy (non-hydrogen) atoms. The van der Waals surface area contributed by atoms with Gasteiger partial charge in [0.15, 0.2) is 0 Å². The predicted octanol–water partition coefficient (Wildman–Crippen LogP) is 0.415. The molecule has 1 aliphatic heterocycles. The molecule has 1 fully saturated rings. The lowest BCUT2D eigenvalue weighted by molar-refractivity contribution is -0.888. The lowest BCUT2D eigenvalue weighted by atomic mass is 10.3. The molecule has 1 heterocycles. The largest absolute Gasteiger partial charge is 0.379 e. The van der Waals surface area contributed by atoms with E-state index in [1.807, 2.05) is 0 Å². The Balaban J connectivity index is 2.17. The topological polar surface area (TPSA) is 12.5 Å². The first kappa shape index (κ1) is 11.0. The van der Waals surface area contributed by atoms with Crippen molar-refractivity contribution in [3.05, 3.63) is 0 Å². The highest BCUT2D eigenvalue weighted by atomic mass is 16.5. The van der Waals surface area contributed by atoms with E-state index >= 15 is 0 Å². The highest BCUT2D eigenvalue weighted by Gasteiger charge is 2.16. The average Bonchev–Trinajstić information content (AvgIpc) is 2.17. The second-order valence-corrected chi connectivity index (χ2v) is 4.43. The lowest BCUT2D eigenvalue weighted by Gasteiger charge is -2.33. The van der Waals surface area contributed by atoms with Gasteiger partial charge in [-0.25, -0.2) is 0 Å². The molecule has 0 aromatic heterocycles. The van der Waals surface area contributed by atoms with Crippen LogP contribution in [0.1, 0.15) is 6.92 Å².